The molecule has 0 saturated carbocycles. The SMILES string of the molecule is CC(C)Cn1c(CBr)nnc1-c1ccc(F)cc1Cl. The molecular weight excluding hydrogens is 333 g/mol. The molecule has 102 valence electrons. The van der Waals surface area contributed by atoms with Crippen LogP contribution >= 0.6 is 27.5 Å². The Bertz CT molecular complexity index is 583. The van der Waals surface area contributed by atoms with E-state index in [1.54, 1.807) is 6.07 Å². The lowest BCUT2D eigenvalue weighted by molar-refractivity contribution is 0.516. The van der Waals surface area contributed by atoms with E-state index in [1.165, 1.54) is 12.1 Å². The molecule has 0 aliphatic carbocycles. The fourth-order valence-electron chi connectivity index (χ4n) is 1.86. The fourth-order valence-corrected chi connectivity index (χ4v) is 2.53. The van der Waals surface area contributed by atoms with Gasteiger partial charge in [-0.1, -0.05) is 41.4 Å². The Morgan fingerprint density at radius 1 is 1.37 bits per heavy atom. The van der Waals surface area contributed by atoms with Crippen molar-refractivity contribution in [1.82, 2.24) is 14.8 Å². The largest absolute Gasteiger partial charge is 0.310 e. The molecule has 0 aliphatic rings. The van der Waals surface area contributed by atoms with Gasteiger partial charge in [-0.25, -0.2) is 4.39 Å². The van der Waals surface area contributed by atoms with Gasteiger partial charge in [0.25, 0.3) is 0 Å². The van der Waals surface area contributed by atoms with Crippen LogP contribution in [0, 0.1) is 11.7 Å². The second-order valence-electron chi connectivity index (χ2n) is 4.70. The van der Waals surface area contributed by atoms with Crippen molar-refractivity contribution < 1.29 is 4.39 Å². The summed E-state index contributed by atoms with van der Waals surface area (Å²) in [6, 6.07) is 4.30. The maximum atomic E-state index is 13.1. The highest BCUT2D eigenvalue weighted by Crippen LogP contribution is 2.28. The lowest BCUT2D eigenvalue weighted by atomic mass is 10.2. The zero-order valence-corrected chi connectivity index (χ0v) is 13.0. The first kappa shape index (κ1) is 14.5. The van der Waals surface area contributed by atoms with Crippen LogP contribution in [0.1, 0.15) is 19.7 Å². The van der Waals surface area contributed by atoms with Crippen LogP contribution < -0.4 is 0 Å². The molecule has 19 heavy (non-hydrogen) atoms. The summed E-state index contributed by atoms with van der Waals surface area (Å²) in [6.07, 6.45) is 0. The van der Waals surface area contributed by atoms with E-state index in [1.807, 2.05) is 4.57 Å². The van der Waals surface area contributed by atoms with Crippen molar-refractivity contribution in [3.63, 3.8) is 0 Å². The van der Waals surface area contributed by atoms with E-state index < -0.39 is 0 Å². The van der Waals surface area contributed by atoms with Crippen molar-refractivity contribution in [2.75, 3.05) is 0 Å². The number of nitrogens with zero attached hydrogens (tertiary/aromatic N) is 3. The summed E-state index contributed by atoms with van der Waals surface area (Å²) in [5.41, 5.74) is 0.698. The third-order valence-electron chi connectivity index (χ3n) is 2.67. The molecule has 0 bridgehead atoms. The van der Waals surface area contributed by atoms with Crippen LogP contribution in [0.4, 0.5) is 4.39 Å². The highest BCUT2D eigenvalue weighted by molar-refractivity contribution is 9.08. The van der Waals surface area contributed by atoms with E-state index in [0.717, 1.165) is 12.4 Å². The first-order valence-electron chi connectivity index (χ1n) is 5.96. The summed E-state index contributed by atoms with van der Waals surface area (Å²) in [4.78, 5) is 0. The molecule has 0 fully saturated rings. The minimum absolute atomic E-state index is 0.346. The molecular formula is C13H14BrClFN3. The normalized spacial score (nSPS) is 11.3. The Balaban J connectivity index is 2.52. The first-order valence-corrected chi connectivity index (χ1v) is 7.46. The van der Waals surface area contributed by atoms with Gasteiger partial charge in [0.2, 0.25) is 0 Å². The molecule has 2 rings (SSSR count). The van der Waals surface area contributed by atoms with Gasteiger partial charge in [-0.2, -0.15) is 0 Å². The summed E-state index contributed by atoms with van der Waals surface area (Å²) >= 11 is 9.49. The van der Waals surface area contributed by atoms with Gasteiger partial charge in [0.1, 0.15) is 11.6 Å². The number of benzene rings is 1. The lowest BCUT2D eigenvalue weighted by Crippen LogP contribution is -2.09. The molecule has 1 heterocycles. The molecule has 0 unspecified atom stereocenters. The first-order chi connectivity index (χ1) is 9.02. The van der Waals surface area contributed by atoms with Crippen LogP contribution in [0.15, 0.2) is 18.2 Å². The van der Waals surface area contributed by atoms with Crippen molar-refractivity contribution in [3.05, 3.63) is 34.9 Å². The van der Waals surface area contributed by atoms with Gasteiger partial charge < -0.3 is 4.57 Å². The molecule has 2 aromatic rings. The van der Waals surface area contributed by atoms with Crippen molar-refractivity contribution in [1.29, 1.82) is 0 Å². The predicted molar refractivity (Wildman–Crippen MR) is 77.9 cm³/mol. The molecule has 0 aliphatic heterocycles. The number of alkyl halides is 1. The van der Waals surface area contributed by atoms with Crippen LogP contribution in [0.25, 0.3) is 11.4 Å². The average Bonchev–Trinajstić information content (AvgIpc) is 2.71. The summed E-state index contributed by atoms with van der Waals surface area (Å²) in [5.74, 6) is 1.61. The third-order valence-corrected chi connectivity index (χ3v) is 3.48. The second kappa shape index (κ2) is 6.01. The molecule has 0 radical (unpaired) electrons. The Labute approximate surface area is 124 Å². The lowest BCUT2D eigenvalue weighted by Gasteiger charge is -2.12. The monoisotopic (exact) mass is 345 g/mol. The topological polar surface area (TPSA) is 30.7 Å². The average molecular weight is 347 g/mol. The van der Waals surface area contributed by atoms with E-state index in [-0.39, 0.29) is 5.82 Å². The van der Waals surface area contributed by atoms with Gasteiger partial charge in [0, 0.05) is 12.1 Å². The number of hydrogen-bond donors (Lipinski definition) is 0. The van der Waals surface area contributed by atoms with Gasteiger partial charge in [-0.05, 0) is 24.1 Å². The summed E-state index contributed by atoms with van der Waals surface area (Å²) < 4.78 is 15.1. The Morgan fingerprint density at radius 3 is 2.68 bits per heavy atom. The highest BCUT2D eigenvalue weighted by atomic mass is 79.9. The van der Waals surface area contributed by atoms with E-state index in [4.69, 9.17) is 11.6 Å². The van der Waals surface area contributed by atoms with Gasteiger partial charge >= 0.3 is 0 Å². The Morgan fingerprint density at radius 2 is 2.11 bits per heavy atom. The van der Waals surface area contributed by atoms with Gasteiger partial charge in [-0.3, -0.25) is 0 Å². The van der Waals surface area contributed by atoms with Gasteiger partial charge in [0.15, 0.2) is 5.82 Å². The standard InChI is InChI=1S/C13H14BrClFN3/c1-8(2)7-19-12(6-14)17-18-13(19)10-4-3-9(16)5-11(10)15/h3-5,8H,6-7H2,1-2H3. The number of aromatic nitrogens is 3. The van der Waals surface area contributed by atoms with Crippen LogP contribution in [0.5, 0.6) is 0 Å². The zero-order valence-electron chi connectivity index (χ0n) is 10.7. The van der Waals surface area contributed by atoms with Crippen LogP contribution in [-0.2, 0) is 11.9 Å². The maximum absolute atomic E-state index is 13.1. The van der Waals surface area contributed by atoms with Crippen molar-refractivity contribution in [2.24, 2.45) is 5.92 Å². The van der Waals surface area contributed by atoms with E-state index in [0.29, 0.717) is 27.7 Å². The number of hydrogen-bond acceptors (Lipinski definition) is 2. The van der Waals surface area contributed by atoms with Gasteiger partial charge in [0.05, 0.1) is 10.4 Å². The van der Waals surface area contributed by atoms with E-state index in [9.17, 15) is 4.39 Å². The molecule has 0 atom stereocenters. The minimum Gasteiger partial charge on any atom is -0.310 e. The predicted octanol–water partition coefficient (Wildman–Crippen LogP) is 4.29. The van der Waals surface area contributed by atoms with E-state index in [2.05, 4.69) is 40.0 Å². The highest BCUT2D eigenvalue weighted by Gasteiger charge is 2.16. The Kier molecular flexibility index (Phi) is 4.58. The van der Waals surface area contributed by atoms with Crippen LogP contribution in [0.3, 0.4) is 0 Å². The second-order valence-corrected chi connectivity index (χ2v) is 5.67. The molecule has 0 amide bonds. The summed E-state index contributed by atoms with van der Waals surface area (Å²) in [5, 5.41) is 9.28. The van der Waals surface area contributed by atoms with Crippen molar-refractivity contribution in [3.8, 4) is 11.4 Å². The quantitative estimate of drug-likeness (QED) is 0.773. The minimum atomic E-state index is -0.357. The summed E-state index contributed by atoms with van der Waals surface area (Å²) in [6.45, 7) is 5.03. The number of halogens is 3. The maximum Gasteiger partial charge on any atom is 0.165 e. The molecule has 0 spiro atoms. The molecule has 1 aromatic carbocycles. The molecule has 0 saturated heterocycles. The zero-order chi connectivity index (χ0) is 14.0. The Hall–Kier alpha value is -0.940. The smallest absolute Gasteiger partial charge is 0.165 e. The molecule has 6 heteroatoms. The van der Waals surface area contributed by atoms with Crippen LogP contribution in [0.2, 0.25) is 5.02 Å². The van der Waals surface area contributed by atoms with E-state index >= 15 is 0 Å². The van der Waals surface area contributed by atoms with Crippen molar-refractivity contribution in [2.45, 2.75) is 25.7 Å². The molecule has 3 nitrogen and oxygen atoms in total. The third kappa shape index (κ3) is 3.15. The molecule has 1 aromatic heterocycles. The van der Waals surface area contributed by atoms with Crippen LogP contribution in [-0.4, -0.2) is 14.8 Å². The summed E-state index contributed by atoms with van der Waals surface area (Å²) in [7, 11) is 0. The fraction of sp³-hybridized carbons (Fsp3) is 0.385. The van der Waals surface area contributed by atoms with Gasteiger partial charge in [-0.15, -0.1) is 10.2 Å². The number of rotatable bonds is 4. The van der Waals surface area contributed by atoms with Crippen molar-refractivity contribution >= 4 is 27.5 Å². The molecule has 0 N–H and O–H groups in total.